The van der Waals surface area contributed by atoms with Crippen LogP contribution in [0, 0.1) is 12.7 Å². The first-order chi connectivity index (χ1) is 10.2. The summed E-state index contributed by atoms with van der Waals surface area (Å²) in [7, 11) is 0. The highest BCUT2D eigenvalue weighted by Crippen LogP contribution is 2.26. The molecule has 0 aliphatic heterocycles. The Morgan fingerprint density at radius 3 is 2.48 bits per heavy atom. The normalized spacial score (nSPS) is 12.3. The molecule has 1 N–H and O–H groups in total. The molecule has 3 heteroatoms. The summed E-state index contributed by atoms with van der Waals surface area (Å²) >= 11 is 1.76. The highest BCUT2D eigenvalue weighted by molar-refractivity contribution is 7.99. The molecule has 2 rings (SSSR count). The summed E-state index contributed by atoms with van der Waals surface area (Å²) in [5, 5.41) is 3.61. The van der Waals surface area contributed by atoms with Gasteiger partial charge in [0.15, 0.2) is 0 Å². The summed E-state index contributed by atoms with van der Waals surface area (Å²) in [6, 6.07) is 15.5. The van der Waals surface area contributed by atoms with E-state index in [1.807, 2.05) is 12.1 Å². The lowest BCUT2D eigenvalue weighted by atomic mass is 10.0. The largest absolute Gasteiger partial charge is 0.309 e. The standard InChI is InChI=1S/C18H22FNS/c1-3-12-20-18(17-7-5-4-6-14(17)2)13-21-16-10-8-15(19)9-11-16/h4-11,18,20H,3,12-13H2,1-2H3. The van der Waals surface area contributed by atoms with Gasteiger partial charge in [-0.25, -0.2) is 4.39 Å². The first-order valence-corrected chi connectivity index (χ1v) is 8.36. The fraction of sp³-hybridized carbons (Fsp3) is 0.333. The zero-order valence-electron chi connectivity index (χ0n) is 12.6. The summed E-state index contributed by atoms with van der Waals surface area (Å²) in [6.45, 7) is 5.33. The second-order valence-corrected chi connectivity index (χ2v) is 6.22. The van der Waals surface area contributed by atoms with E-state index in [4.69, 9.17) is 0 Å². The van der Waals surface area contributed by atoms with Crippen LogP contribution in [0.5, 0.6) is 0 Å². The maximum Gasteiger partial charge on any atom is 0.123 e. The Labute approximate surface area is 131 Å². The summed E-state index contributed by atoms with van der Waals surface area (Å²) in [5.74, 6) is 0.759. The van der Waals surface area contributed by atoms with E-state index >= 15 is 0 Å². The molecular weight excluding hydrogens is 281 g/mol. The molecule has 112 valence electrons. The van der Waals surface area contributed by atoms with Crippen LogP contribution in [0.25, 0.3) is 0 Å². The molecule has 0 fully saturated rings. The lowest BCUT2D eigenvalue weighted by Crippen LogP contribution is -2.24. The Morgan fingerprint density at radius 1 is 1.10 bits per heavy atom. The molecule has 1 unspecified atom stereocenters. The van der Waals surface area contributed by atoms with Gasteiger partial charge in [-0.3, -0.25) is 0 Å². The van der Waals surface area contributed by atoms with Gasteiger partial charge in [0.25, 0.3) is 0 Å². The molecule has 0 saturated carbocycles. The molecule has 0 aromatic heterocycles. The number of halogens is 1. The molecule has 0 heterocycles. The van der Waals surface area contributed by atoms with Gasteiger partial charge in [-0.15, -0.1) is 11.8 Å². The molecule has 0 radical (unpaired) electrons. The number of hydrogen-bond acceptors (Lipinski definition) is 2. The van der Waals surface area contributed by atoms with Crippen molar-refractivity contribution in [1.82, 2.24) is 5.32 Å². The van der Waals surface area contributed by atoms with Crippen molar-refractivity contribution in [1.29, 1.82) is 0 Å². The van der Waals surface area contributed by atoms with Gasteiger partial charge < -0.3 is 5.32 Å². The smallest absolute Gasteiger partial charge is 0.123 e. The zero-order chi connectivity index (χ0) is 15.1. The van der Waals surface area contributed by atoms with Crippen LogP contribution in [0.3, 0.4) is 0 Å². The number of rotatable bonds is 7. The first-order valence-electron chi connectivity index (χ1n) is 7.38. The molecule has 1 nitrogen and oxygen atoms in total. The number of benzene rings is 2. The minimum absolute atomic E-state index is 0.182. The lowest BCUT2D eigenvalue weighted by Gasteiger charge is -2.20. The van der Waals surface area contributed by atoms with E-state index < -0.39 is 0 Å². The fourth-order valence-corrected chi connectivity index (χ4v) is 3.25. The summed E-state index contributed by atoms with van der Waals surface area (Å²) in [5.41, 5.74) is 2.66. The minimum atomic E-state index is -0.182. The zero-order valence-corrected chi connectivity index (χ0v) is 13.4. The van der Waals surface area contributed by atoms with E-state index in [0.29, 0.717) is 6.04 Å². The number of nitrogens with one attached hydrogen (secondary N) is 1. The van der Waals surface area contributed by atoms with Gasteiger partial charge in [0.2, 0.25) is 0 Å². The predicted molar refractivity (Wildman–Crippen MR) is 89.3 cm³/mol. The predicted octanol–water partition coefficient (Wildman–Crippen LogP) is 4.97. The van der Waals surface area contributed by atoms with E-state index in [-0.39, 0.29) is 5.82 Å². The Hall–Kier alpha value is -1.32. The quantitative estimate of drug-likeness (QED) is 0.725. The van der Waals surface area contributed by atoms with E-state index in [0.717, 1.165) is 23.6 Å². The molecule has 1 atom stereocenters. The van der Waals surface area contributed by atoms with Crippen LogP contribution in [0.15, 0.2) is 53.4 Å². The molecular formula is C18H22FNS. The van der Waals surface area contributed by atoms with Crippen LogP contribution < -0.4 is 5.32 Å². The summed E-state index contributed by atoms with van der Waals surface area (Å²) in [4.78, 5) is 1.10. The van der Waals surface area contributed by atoms with Gasteiger partial charge in [-0.2, -0.15) is 0 Å². The van der Waals surface area contributed by atoms with Crippen molar-refractivity contribution in [2.75, 3.05) is 12.3 Å². The van der Waals surface area contributed by atoms with Crippen molar-refractivity contribution in [2.24, 2.45) is 0 Å². The van der Waals surface area contributed by atoms with Gasteiger partial charge >= 0.3 is 0 Å². The third-order valence-electron chi connectivity index (χ3n) is 3.43. The van der Waals surface area contributed by atoms with Crippen molar-refractivity contribution in [3.8, 4) is 0 Å². The van der Waals surface area contributed by atoms with Crippen LogP contribution in [0.1, 0.15) is 30.5 Å². The van der Waals surface area contributed by atoms with Crippen molar-refractivity contribution < 1.29 is 4.39 Å². The van der Waals surface area contributed by atoms with E-state index in [1.54, 1.807) is 11.8 Å². The molecule has 2 aromatic rings. The third-order valence-corrected chi connectivity index (χ3v) is 4.54. The summed E-state index contributed by atoms with van der Waals surface area (Å²) in [6.07, 6.45) is 1.11. The Kier molecular flexibility index (Phi) is 6.27. The molecule has 0 spiro atoms. The Balaban J connectivity index is 2.06. The molecule has 21 heavy (non-hydrogen) atoms. The van der Waals surface area contributed by atoms with Crippen LogP contribution in [-0.4, -0.2) is 12.3 Å². The second kappa shape index (κ2) is 8.20. The Bertz CT molecular complexity index is 553. The average Bonchev–Trinajstić information content (AvgIpc) is 2.50. The Morgan fingerprint density at radius 2 is 1.81 bits per heavy atom. The van der Waals surface area contributed by atoms with Crippen LogP contribution in [-0.2, 0) is 0 Å². The van der Waals surface area contributed by atoms with Crippen LogP contribution >= 0.6 is 11.8 Å². The molecule has 0 aliphatic carbocycles. The van der Waals surface area contributed by atoms with Gasteiger partial charge in [0, 0.05) is 16.7 Å². The van der Waals surface area contributed by atoms with Gasteiger partial charge in [0.05, 0.1) is 0 Å². The van der Waals surface area contributed by atoms with Crippen molar-refractivity contribution in [3.63, 3.8) is 0 Å². The van der Waals surface area contributed by atoms with E-state index in [2.05, 4.69) is 43.4 Å². The van der Waals surface area contributed by atoms with Gasteiger partial charge in [-0.1, -0.05) is 31.2 Å². The topological polar surface area (TPSA) is 12.0 Å². The second-order valence-electron chi connectivity index (χ2n) is 5.13. The first kappa shape index (κ1) is 16.1. The molecule has 2 aromatic carbocycles. The molecule has 0 saturated heterocycles. The molecule has 0 aliphatic rings. The molecule has 0 amide bonds. The number of aryl methyl sites for hydroxylation is 1. The highest BCUT2D eigenvalue weighted by Gasteiger charge is 2.13. The van der Waals surface area contributed by atoms with Gasteiger partial charge in [-0.05, 0) is 55.3 Å². The van der Waals surface area contributed by atoms with Gasteiger partial charge in [0.1, 0.15) is 5.82 Å². The maximum atomic E-state index is 12.9. The van der Waals surface area contributed by atoms with Crippen molar-refractivity contribution >= 4 is 11.8 Å². The fourth-order valence-electron chi connectivity index (χ4n) is 2.27. The van der Waals surface area contributed by atoms with Crippen molar-refractivity contribution in [3.05, 3.63) is 65.5 Å². The maximum absolute atomic E-state index is 12.9. The number of hydrogen-bond donors (Lipinski definition) is 1. The SMILES string of the molecule is CCCNC(CSc1ccc(F)cc1)c1ccccc1C. The lowest BCUT2D eigenvalue weighted by molar-refractivity contribution is 0.575. The van der Waals surface area contributed by atoms with Crippen LogP contribution in [0.4, 0.5) is 4.39 Å². The van der Waals surface area contributed by atoms with Crippen LogP contribution in [0.2, 0.25) is 0 Å². The third kappa shape index (κ3) is 4.87. The molecule has 0 bridgehead atoms. The summed E-state index contributed by atoms with van der Waals surface area (Å²) < 4.78 is 12.9. The monoisotopic (exact) mass is 303 g/mol. The average molecular weight is 303 g/mol. The highest BCUT2D eigenvalue weighted by atomic mass is 32.2. The van der Waals surface area contributed by atoms with E-state index in [9.17, 15) is 4.39 Å². The van der Waals surface area contributed by atoms with Crippen molar-refractivity contribution in [2.45, 2.75) is 31.2 Å². The minimum Gasteiger partial charge on any atom is -0.309 e. The number of thioether (sulfide) groups is 1. The van der Waals surface area contributed by atoms with E-state index in [1.165, 1.54) is 23.3 Å².